The molecule has 3 aromatic carbocycles. The van der Waals surface area contributed by atoms with Gasteiger partial charge in [-0.2, -0.15) is 0 Å². The van der Waals surface area contributed by atoms with Crippen LogP contribution in [0.4, 0.5) is 5.69 Å². The fraction of sp³-hybridized carbons (Fsp3) is 0.231. The van der Waals surface area contributed by atoms with E-state index in [1.165, 1.54) is 0 Å². The number of rotatable bonds is 7. The second-order valence-corrected chi connectivity index (χ2v) is 7.66. The summed E-state index contributed by atoms with van der Waals surface area (Å²) in [6.07, 6.45) is 1.12. The molecule has 1 N–H and O–H groups in total. The van der Waals surface area contributed by atoms with E-state index in [2.05, 4.69) is 5.32 Å². The molecule has 2 amide bonds. The number of fused-ring (bicyclic) bond motifs is 1. The molecule has 0 atom stereocenters. The Labute approximate surface area is 182 Å². The highest BCUT2D eigenvalue weighted by molar-refractivity contribution is 5.98. The first kappa shape index (κ1) is 20.7. The van der Waals surface area contributed by atoms with Crippen molar-refractivity contribution in [3.63, 3.8) is 0 Å². The number of hydrogen-bond acceptors (Lipinski definition) is 3. The van der Waals surface area contributed by atoms with Crippen molar-refractivity contribution in [1.82, 2.24) is 4.90 Å². The Morgan fingerprint density at radius 1 is 0.968 bits per heavy atom. The topological polar surface area (TPSA) is 58.6 Å². The Morgan fingerprint density at radius 3 is 2.48 bits per heavy atom. The first-order valence-corrected chi connectivity index (χ1v) is 10.6. The Balaban J connectivity index is 1.39. The lowest BCUT2D eigenvalue weighted by molar-refractivity contribution is -0.116. The molecule has 31 heavy (non-hydrogen) atoms. The summed E-state index contributed by atoms with van der Waals surface area (Å²) < 4.78 is 5.85. The van der Waals surface area contributed by atoms with Crippen LogP contribution in [0.15, 0.2) is 72.8 Å². The number of carbonyl (C=O) groups is 2. The van der Waals surface area contributed by atoms with Crippen LogP contribution in [0.2, 0.25) is 0 Å². The first-order valence-electron chi connectivity index (χ1n) is 10.6. The third-order valence-corrected chi connectivity index (χ3v) is 5.46. The number of benzene rings is 3. The third kappa shape index (κ3) is 5.12. The Kier molecular flexibility index (Phi) is 6.32. The Bertz CT molecular complexity index is 1060. The molecule has 0 aromatic heterocycles. The maximum Gasteiger partial charge on any atom is 0.254 e. The average Bonchev–Trinajstić information content (AvgIpc) is 2.82. The van der Waals surface area contributed by atoms with E-state index in [9.17, 15) is 9.59 Å². The second-order valence-electron chi connectivity index (χ2n) is 7.66. The highest BCUT2D eigenvalue weighted by atomic mass is 16.5. The van der Waals surface area contributed by atoms with Crippen LogP contribution in [0, 0.1) is 0 Å². The monoisotopic (exact) mass is 414 g/mol. The van der Waals surface area contributed by atoms with Crippen LogP contribution in [0.3, 0.4) is 0 Å². The van der Waals surface area contributed by atoms with E-state index in [4.69, 9.17) is 4.74 Å². The van der Waals surface area contributed by atoms with Crippen molar-refractivity contribution in [2.75, 3.05) is 11.9 Å². The molecule has 1 aliphatic rings. The number of nitrogens with zero attached hydrogens (tertiary/aromatic N) is 1. The van der Waals surface area contributed by atoms with Crippen molar-refractivity contribution in [3.8, 4) is 5.75 Å². The van der Waals surface area contributed by atoms with Gasteiger partial charge >= 0.3 is 0 Å². The number of amides is 2. The molecule has 0 radical (unpaired) electrons. The number of hydrogen-bond donors (Lipinski definition) is 1. The van der Waals surface area contributed by atoms with Crippen LogP contribution in [0.25, 0.3) is 0 Å². The molecule has 0 saturated heterocycles. The lowest BCUT2D eigenvalue weighted by Gasteiger charge is -2.23. The fourth-order valence-electron chi connectivity index (χ4n) is 3.68. The molecule has 0 unspecified atom stereocenters. The second kappa shape index (κ2) is 9.47. The molecule has 1 aliphatic heterocycles. The summed E-state index contributed by atoms with van der Waals surface area (Å²) in [6, 6.07) is 23.5. The third-order valence-electron chi connectivity index (χ3n) is 5.46. The summed E-state index contributed by atoms with van der Waals surface area (Å²) in [5, 5.41) is 2.86. The number of aryl methyl sites for hydroxylation is 1. The van der Waals surface area contributed by atoms with Crippen molar-refractivity contribution in [3.05, 3.63) is 95.1 Å². The van der Waals surface area contributed by atoms with Gasteiger partial charge in [0.1, 0.15) is 12.4 Å². The zero-order chi connectivity index (χ0) is 21.6. The first-order chi connectivity index (χ1) is 15.1. The largest absolute Gasteiger partial charge is 0.489 e. The van der Waals surface area contributed by atoms with Crippen molar-refractivity contribution in [2.24, 2.45) is 0 Å². The molecule has 0 saturated carbocycles. The zero-order valence-corrected chi connectivity index (χ0v) is 17.6. The molecule has 158 valence electrons. The lowest BCUT2D eigenvalue weighted by Crippen LogP contribution is -2.30. The Morgan fingerprint density at radius 2 is 1.74 bits per heavy atom. The minimum atomic E-state index is -0.00777. The van der Waals surface area contributed by atoms with Crippen LogP contribution in [-0.4, -0.2) is 23.3 Å². The number of nitrogens with one attached hydrogen (secondary N) is 1. The van der Waals surface area contributed by atoms with E-state index >= 15 is 0 Å². The van der Waals surface area contributed by atoms with Crippen molar-refractivity contribution >= 4 is 17.5 Å². The van der Waals surface area contributed by atoms with Gasteiger partial charge in [0.25, 0.3) is 5.91 Å². The van der Waals surface area contributed by atoms with Crippen LogP contribution in [-0.2, 0) is 24.4 Å². The van der Waals surface area contributed by atoms with Crippen LogP contribution < -0.4 is 10.1 Å². The highest BCUT2D eigenvalue weighted by Gasteiger charge is 2.19. The molecule has 0 bridgehead atoms. The molecule has 3 aromatic rings. The van der Waals surface area contributed by atoms with Crippen molar-refractivity contribution in [1.29, 1.82) is 0 Å². The SMILES string of the molecule is CCN(Cc1ccc(OCc2ccccc2)cc1)C(=O)c1ccc2c(c1)CCC(=O)N2. The summed E-state index contributed by atoms with van der Waals surface area (Å²) in [6.45, 7) is 3.65. The fourth-order valence-corrected chi connectivity index (χ4v) is 3.68. The molecule has 4 rings (SSSR count). The molecule has 0 aliphatic carbocycles. The minimum Gasteiger partial charge on any atom is -0.489 e. The maximum absolute atomic E-state index is 13.1. The van der Waals surface area contributed by atoms with Gasteiger partial charge in [-0.15, -0.1) is 0 Å². The molecule has 0 spiro atoms. The summed E-state index contributed by atoms with van der Waals surface area (Å²) in [4.78, 5) is 26.4. The highest BCUT2D eigenvalue weighted by Crippen LogP contribution is 2.24. The normalized spacial score (nSPS) is 12.6. The minimum absolute atomic E-state index is 0.00777. The summed E-state index contributed by atoms with van der Waals surface area (Å²) in [5.74, 6) is 0.822. The average molecular weight is 415 g/mol. The quantitative estimate of drug-likeness (QED) is 0.603. The van der Waals surface area contributed by atoms with Gasteiger partial charge in [0.2, 0.25) is 5.91 Å². The lowest BCUT2D eigenvalue weighted by atomic mass is 10.00. The van der Waals surface area contributed by atoms with Crippen molar-refractivity contribution < 1.29 is 14.3 Å². The van der Waals surface area contributed by atoms with Gasteiger partial charge in [-0.3, -0.25) is 9.59 Å². The van der Waals surface area contributed by atoms with Crippen LogP contribution in [0.5, 0.6) is 5.75 Å². The van der Waals surface area contributed by atoms with Gasteiger partial charge in [0, 0.05) is 30.8 Å². The van der Waals surface area contributed by atoms with Gasteiger partial charge in [-0.25, -0.2) is 0 Å². The summed E-state index contributed by atoms with van der Waals surface area (Å²) in [5.41, 5.74) is 4.65. The maximum atomic E-state index is 13.1. The number of carbonyl (C=O) groups excluding carboxylic acids is 2. The predicted octanol–water partition coefficient (Wildman–Crippen LogP) is 4.81. The van der Waals surface area contributed by atoms with Crippen molar-refractivity contribution in [2.45, 2.75) is 32.9 Å². The number of ether oxygens (including phenoxy) is 1. The predicted molar refractivity (Wildman–Crippen MR) is 121 cm³/mol. The van der Waals surface area contributed by atoms with E-state index in [0.29, 0.717) is 38.1 Å². The molecule has 1 heterocycles. The van der Waals surface area contributed by atoms with Crippen LogP contribution >= 0.6 is 0 Å². The zero-order valence-electron chi connectivity index (χ0n) is 17.6. The molecular weight excluding hydrogens is 388 g/mol. The van der Waals surface area contributed by atoms with E-state index in [1.807, 2.05) is 78.6 Å². The standard InChI is InChI=1S/C26H26N2O3/c1-2-28(26(30)22-10-14-24-21(16-22)11-15-25(29)27-24)17-19-8-12-23(13-9-19)31-18-20-6-4-3-5-7-20/h3-10,12-14,16H,2,11,15,17-18H2,1H3,(H,27,29). The van der Waals surface area contributed by atoms with Crippen LogP contribution in [0.1, 0.15) is 40.4 Å². The van der Waals surface area contributed by atoms with Gasteiger partial charge in [-0.1, -0.05) is 42.5 Å². The van der Waals surface area contributed by atoms with Gasteiger partial charge in [0.15, 0.2) is 0 Å². The number of anilines is 1. The van der Waals surface area contributed by atoms with E-state index in [0.717, 1.165) is 28.1 Å². The Hall–Kier alpha value is -3.60. The molecule has 0 fully saturated rings. The summed E-state index contributed by atoms with van der Waals surface area (Å²) >= 11 is 0. The van der Waals surface area contributed by atoms with Gasteiger partial charge in [0.05, 0.1) is 0 Å². The molecule has 5 nitrogen and oxygen atoms in total. The van der Waals surface area contributed by atoms with Gasteiger partial charge in [-0.05, 0) is 60.4 Å². The van der Waals surface area contributed by atoms with E-state index < -0.39 is 0 Å². The smallest absolute Gasteiger partial charge is 0.254 e. The van der Waals surface area contributed by atoms with Gasteiger partial charge < -0.3 is 15.0 Å². The summed E-state index contributed by atoms with van der Waals surface area (Å²) in [7, 11) is 0. The van der Waals surface area contributed by atoms with E-state index in [1.54, 1.807) is 6.07 Å². The van der Waals surface area contributed by atoms with E-state index in [-0.39, 0.29) is 11.8 Å². The molecule has 5 heteroatoms. The molecular formula is C26H26N2O3.